The van der Waals surface area contributed by atoms with Gasteiger partial charge in [0.2, 0.25) is 0 Å². The smallest absolute Gasteiger partial charge is 0.146 e. The van der Waals surface area contributed by atoms with Crippen LogP contribution in [-0.2, 0) is 4.74 Å². The predicted octanol–water partition coefficient (Wildman–Crippen LogP) is 0.707. The average molecular weight is 311 g/mol. The van der Waals surface area contributed by atoms with Crippen LogP contribution >= 0.6 is 0 Å². The van der Waals surface area contributed by atoms with Crippen LogP contribution in [0.1, 0.15) is 20.8 Å². The number of benzene rings is 1. The van der Waals surface area contributed by atoms with Crippen molar-refractivity contribution >= 4 is 5.69 Å². The number of hydrogen-bond acceptors (Lipinski definition) is 3. The molecule has 1 aliphatic heterocycles. The minimum atomic E-state index is -0.450. The van der Waals surface area contributed by atoms with Crippen LogP contribution in [0.3, 0.4) is 0 Å². The predicted molar refractivity (Wildman–Crippen MR) is 85.9 cm³/mol. The SMILES string of the molecule is CC(C)(C)OC[C@H](O)C[NH+]1CCN(c2ccccc2F)CC1. The first-order valence-corrected chi connectivity index (χ1v) is 8.00. The van der Waals surface area contributed by atoms with Gasteiger partial charge in [0.25, 0.3) is 0 Å². The van der Waals surface area contributed by atoms with Crippen molar-refractivity contribution in [3.63, 3.8) is 0 Å². The van der Waals surface area contributed by atoms with Gasteiger partial charge < -0.3 is 19.6 Å². The van der Waals surface area contributed by atoms with E-state index in [0.29, 0.717) is 18.8 Å². The summed E-state index contributed by atoms with van der Waals surface area (Å²) in [5.41, 5.74) is 0.456. The lowest BCUT2D eigenvalue weighted by Gasteiger charge is -2.34. The summed E-state index contributed by atoms with van der Waals surface area (Å²) in [7, 11) is 0. The third-order valence-corrected chi connectivity index (χ3v) is 3.90. The number of rotatable bonds is 5. The first-order chi connectivity index (χ1) is 10.3. The molecule has 2 N–H and O–H groups in total. The van der Waals surface area contributed by atoms with E-state index in [1.165, 1.54) is 11.0 Å². The van der Waals surface area contributed by atoms with E-state index in [-0.39, 0.29) is 11.4 Å². The standard InChI is InChI=1S/C17H27FN2O2/c1-17(2,3)22-13-14(21)12-19-8-10-20(11-9-19)16-7-5-4-6-15(16)18/h4-7,14,21H,8-13H2,1-3H3/p+1/t14-/m1/s1. The molecule has 2 rings (SSSR count). The lowest BCUT2D eigenvalue weighted by molar-refractivity contribution is -0.903. The van der Waals surface area contributed by atoms with Gasteiger partial charge in [-0.25, -0.2) is 4.39 Å². The first-order valence-electron chi connectivity index (χ1n) is 8.00. The van der Waals surface area contributed by atoms with Crippen LogP contribution in [0, 0.1) is 5.82 Å². The molecule has 0 radical (unpaired) electrons. The zero-order valence-corrected chi connectivity index (χ0v) is 13.8. The van der Waals surface area contributed by atoms with Gasteiger partial charge in [0, 0.05) is 0 Å². The van der Waals surface area contributed by atoms with E-state index >= 15 is 0 Å². The maximum Gasteiger partial charge on any atom is 0.146 e. The van der Waals surface area contributed by atoms with Crippen molar-refractivity contribution in [2.75, 3.05) is 44.2 Å². The van der Waals surface area contributed by atoms with Gasteiger partial charge >= 0.3 is 0 Å². The number of piperazine rings is 1. The van der Waals surface area contributed by atoms with Crippen LogP contribution in [0.4, 0.5) is 10.1 Å². The van der Waals surface area contributed by atoms with Crippen LogP contribution in [0.5, 0.6) is 0 Å². The van der Waals surface area contributed by atoms with Crippen molar-refractivity contribution in [2.24, 2.45) is 0 Å². The van der Waals surface area contributed by atoms with Gasteiger partial charge in [-0.05, 0) is 32.9 Å². The summed E-state index contributed by atoms with van der Waals surface area (Å²) >= 11 is 0. The van der Waals surface area contributed by atoms with Crippen LogP contribution in [0.15, 0.2) is 24.3 Å². The zero-order valence-electron chi connectivity index (χ0n) is 13.8. The minimum absolute atomic E-state index is 0.162. The Bertz CT molecular complexity index is 468. The molecule has 0 amide bonds. The summed E-state index contributed by atoms with van der Waals surface area (Å²) in [6.45, 7) is 10.4. The fourth-order valence-electron chi connectivity index (χ4n) is 2.71. The van der Waals surface area contributed by atoms with Crippen LogP contribution in [0.25, 0.3) is 0 Å². The Labute approximate surface area is 132 Å². The topological polar surface area (TPSA) is 37.1 Å². The number of hydrogen-bond donors (Lipinski definition) is 2. The lowest BCUT2D eigenvalue weighted by Crippen LogP contribution is -3.16. The fraction of sp³-hybridized carbons (Fsp3) is 0.647. The number of nitrogens with zero attached hydrogens (tertiary/aromatic N) is 1. The molecular formula is C17H28FN2O2+. The molecule has 4 nitrogen and oxygen atoms in total. The minimum Gasteiger partial charge on any atom is -0.385 e. The van der Waals surface area contributed by atoms with Gasteiger partial charge in [0.1, 0.15) is 18.5 Å². The molecule has 1 aromatic carbocycles. The summed E-state index contributed by atoms with van der Waals surface area (Å²) in [6, 6.07) is 6.91. The molecule has 0 unspecified atom stereocenters. The molecule has 5 heteroatoms. The molecule has 0 spiro atoms. The molecule has 124 valence electrons. The van der Waals surface area contributed by atoms with E-state index in [4.69, 9.17) is 4.74 Å². The maximum atomic E-state index is 13.8. The molecule has 0 saturated carbocycles. The van der Waals surface area contributed by atoms with Gasteiger partial charge in [-0.15, -0.1) is 0 Å². The Hall–Kier alpha value is -1.17. The highest BCUT2D eigenvalue weighted by Gasteiger charge is 2.24. The highest BCUT2D eigenvalue weighted by molar-refractivity contribution is 5.47. The number of para-hydroxylation sites is 1. The Morgan fingerprint density at radius 2 is 1.91 bits per heavy atom. The number of aliphatic hydroxyl groups excluding tert-OH is 1. The molecule has 1 aromatic rings. The molecule has 22 heavy (non-hydrogen) atoms. The Morgan fingerprint density at radius 3 is 2.50 bits per heavy atom. The fourth-order valence-corrected chi connectivity index (χ4v) is 2.71. The third kappa shape index (κ3) is 5.23. The normalized spacial score (nSPS) is 18.5. The molecule has 1 atom stereocenters. The number of aliphatic hydroxyl groups is 1. The monoisotopic (exact) mass is 311 g/mol. The number of ether oxygens (including phenoxy) is 1. The van der Waals surface area contributed by atoms with Crippen molar-refractivity contribution in [2.45, 2.75) is 32.5 Å². The number of nitrogens with one attached hydrogen (secondary N) is 1. The average Bonchev–Trinajstić information content (AvgIpc) is 2.46. The second-order valence-corrected chi connectivity index (χ2v) is 6.97. The summed E-state index contributed by atoms with van der Waals surface area (Å²) < 4.78 is 19.4. The molecule has 0 aromatic heterocycles. The third-order valence-electron chi connectivity index (χ3n) is 3.90. The summed E-state index contributed by atoms with van der Waals surface area (Å²) in [6.07, 6.45) is -0.450. The van der Waals surface area contributed by atoms with Crippen molar-refractivity contribution in [3.8, 4) is 0 Å². The van der Waals surface area contributed by atoms with Gasteiger partial charge in [0.15, 0.2) is 0 Å². The van der Waals surface area contributed by atoms with E-state index < -0.39 is 6.10 Å². The summed E-state index contributed by atoms with van der Waals surface area (Å²) in [5, 5.41) is 10.1. The summed E-state index contributed by atoms with van der Waals surface area (Å²) in [5.74, 6) is -0.162. The number of halogens is 1. The highest BCUT2D eigenvalue weighted by atomic mass is 19.1. The van der Waals surface area contributed by atoms with E-state index in [2.05, 4.69) is 4.90 Å². The lowest BCUT2D eigenvalue weighted by atomic mass is 10.2. The molecule has 1 heterocycles. The number of quaternary nitrogens is 1. The maximum absolute atomic E-state index is 13.8. The molecular weight excluding hydrogens is 283 g/mol. The van der Waals surface area contributed by atoms with E-state index in [1.807, 2.05) is 32.9 Å². The van der Waals surface area contributed by atoms with E-state index in [0.717, 1.165) is 26.2 Å². The second-order valence-electron chi connectivity index (χ2n) is 6.97. The van der Waals surface area contributed by atoms with Crippen molar-refractivity contribution in [1.29, 1.82) is 0 Å². The Morgan fingerprint density at radius 1 is 1.27 bits per heavy atom. The van der Waals surface area contributed by atoms with Crippen molar-refractivity contribution in [1.82, 2.24) is 0 Å². The van der Waals surface area contributed by atoms with Gasteiger partial charge in [-0.1, -0.05) is 12.1 Å². The molecule has 0 aliphatic carbocycles. The quantitative estimate of drug-likeness (QED) is 0.841. The number of anilines is 1. The van der Waals surface area contributed by atoms with Gasteiger partial charge in [0.05, 0.1) is 44.1 Å². The van der Waals surface area contributed by atoms with Crippen LogP contribution < -0.4 is 9.80 Å². The Balaban J connectivity index is 1.77. The zero-order chi connectivity index (χ0) is 16.2. The largest absolute Gasteiger partial charge is 0.385 e. The van der Waals surface area contributed by atoms with E-state index in [1.54, 1.807) is 6.07 Å². The summed E-state index contributed by atoms with van der Waals surface area (Å²) in [4.78, 5) is 3.43. The molecule has 0 bridgehead atoms. The van der Waals surface area contributed by atoms with Crippen molar-refractivity contribution < 1.29 is 19.1 Å². The Kier molecular flexibility index (Phi) is 5.78. The van der Waals surface area contributed by atoms with Crippen molar-refractivity contribution in [3.05, 3.63) is 30.1 Å². The van der Waals surface area contributed by atoms with Gasteiger partial charge in [-0.3, -0.25) is 0 Å². The van der Waals surface area contributed by atoms with Gasteiger partial charge in [-0.2, -0.15) is 0 Å². The van der Waals surface area contributed by atoms with Crippen LogP contribution in [0.2, 0.25) is 0 Å². The highest BCUT2D eigenvalue weighted by Crippen LogP contribution is 2.18. The van der Waals surface area contributed by atoms with Crippen LogP contribution in [-0.4, -0.2) is 56.1 Å². The first kappa shape index (κ1) is 17.2. The molecule has 1 saturated heterocycles. The molecule has 1 fully saturated rings. The molecule has 1 aliphatic rings. The van der Waals surface area contributed by atoms with E-state index in [9.17, 15) is 9.50 Å². The second kappa shape index (κ2) is 7.40.